The molecule has 108 valence electrons. The molecule has 0 radical (unpaired) electrons. The number of rotatable bonds is 3. The quantitative estimate of drug-likeness (QED) is 0.515. The molecule has 5 heteroatoms. The van der Waals surface area contributed by atoms with E-state index in [1.807, 2.05) is 32.0 Å². The highest BCUT2D eigenvalue weighted by Crippen LogP contribution is 2.19. The van der Waals surface area contributed by atoms with Crippen molar-refractivity contribution in [2.45, 2.75) is 13.8 Å². The number of halogens is 1. The molecule has 0 aliphatic carbocycles. The van der Waals surface area contributed by atoms with Gasteiger partial charge in [-0.2, -0.15) is 5.10 Å². The van der Waals surface area contributed by atoms with Crippen molar-refractivity contribution < 1.29 is 4.39 Å². The number of anilines is 1. The Bertz CT molecular complexity index is 663. The summed E-state index contributed by atoms with van der Waals surface area (Å²) < 4.78 is 13.0. The van der Waals surface area contributed by atoms with Crippen LogP contribution in [0, 0.1) is 19.7 Å². The van der Waals surface area contributed by atoms with E-state index in [-0.39, 0.29) is 5.82 Å². The Labute approximate surface area is 128 Å². The lowest BCUT2D eigenvalue weighted by atomic mass is 10.1. The van der Waals surface area contributed by atoms with E-state index < -0.39 is 0 Å². The fourth-order valence-electron chi connectivity index (χ4n) is 1.91. The largest absolute Gasteiger partial charge is 0.331 e. The van der Waals surface area contributed by atoms with Crippen LogP contribution in [0.25, 0.3) is 0 Å². The number of benzene rings is 2. The van der Waals surface area contributed by atoms with Gasteiger partial charge >= 0.3 is 0 Å². The number of hydrazone groups is 1. The van der Waals surface area contributed by atoms with Crippen LogP contribution in [-0.4, -0.2) is 11.3 Å². The van der Waals surface area contributed by atoms with Gasteiger partial charge in [0.05, 0.1) is 6.21 Å². The van der Waals surface area contributed by atoms with Crippen molar-refractivity contribution in [3.05, 3.63) is 65.0 Å². The van der Waals surface area contributed by atoms with E-state index >= 15 is 0 Å². The number of hydrogen-bond donors (Lipinski definition) is 2. The molecule has 2 aromatic carbocycles. The zero-order valence-electron chi connectivity index (χ0n) is 11.9. The molecule has 0 aromatic heterocycles. The molecule has 2 aromatic rings. The highest BCUT2D eigenvalue weighted by atomic mass is 32.1. The van der Waals surface area contributed by atoms with Crippen LogP contribution in [0.3, 0.4) is 0 Å². The predicted octanol–water partition coefficient (Wildman–Crippen LogP) is 3.76. The van der Waals surface area contributed by atoms with E-state index in [0.717, 1.165) is 16.8 Å². The maximum Gasteiger partial charge on any atom is 0.191 e. The summed E-state index contributed by atoms with van der Waals surface area (Å²) in [5.41, 5.74) is 6.56. The molecule has 0 atom stereocenters. The topological polar surface area (TPSA) is 36.4 Å². The van der Waals surface area contributed by atoms with Gasteiger partial charge in [-0.05, 0) is 54.9 Å². The predicted molar refractivity (Wildman–Crippen MR) is 89.3 cm³/mol. The smallest absolute Gasteiger partial charge is 0.191 e. The third-order valence-corrected chi connectivity index (χ3v) is 3.14. The molecule has 0 aliphatic rings. The minimum atomic E-state index is -0.296. The number of thiocarbonyl (C=S) groups is 1. The summed E-state index contributed by atoms with van der Waals surface area (Å²) in [5.74, 6) is -0.296. The maximum absolute atomic E-state index is 13.0. The third kappa shape index (κ3) is 4.36. The second-order valence-corrected chi connectivity index (χ2v) is 5.05. The number of hydrogen-bond acceptors (Lipinski definition) is 2. The Kier molecular flexibility index (Phi) is 5.00. The first kappa shape index (κ1) is 15.1. The molecule has 0 amide bonds. The molecule has 0 saturated heterocycles. The van der Waals surface area contributed by atoms with E-state index in [4.69, 9.17) is 12.2 Å². The lowest BCUT2D eigenvalue weighted by Gasteiger charge is -2.12. The Hall–Kier alpha value is -2.27. The molecule has 0 unspecified atom stereocenters. The summed E-state index contributed by atoms with van der Waals surface area (Å²) in [5, 5.41) is 7.49. The van der Waals surface area contributed by atoms with Crippen LogP contribution in [0.2, 0.25) is 0 Å². The standard InChI is InChI=1S/C16H16FN3S/c1-11-5-3-6-12(2)15(11)19-16(21)20-18-10-13-7-4-8-14(17)9-13/h3-10H,1-2H3,(H2,19,20,21)/b18-10+. The second kappa shape index (κ2) is 6.95. The molecular formula is C16H16FN3S. The first-order valence-corrected chi connectivity index (χ1v) is 6.89. The molecule has 0 saturated carbocycles. The Morgan fingerprint density at radius 2 is 1.81 bits per heavy atom. The molecule has 3 nitrogen and oxygen atoms in total. The van der Waals surface area contributed by atoms with E-state index in [0.29, 0.717) is 10.7 Å². The normalized spacial score (nSPS) is 10.6. The van der Waals surface area contributed by atoms with Gasteiger partial charge in [-0.1, -0.05) is 30.3 Å². The molecule has 0 bridgehead atoms. The van der Waals surface area contributed by atoms with Crippen molar-refractivity contribution in [1.82, 2.24) is 5.43 Å². The number of nitrogens with one attached hydrogen (secondary N) is 2. The van der Waals surface area contributed by atoms with E-state index in [2.05, 4.69) is 15.8 Å². The van der Waals surface area contributed by atoms with Crippen molar-refractivity contribution >= 4 is 29.2 Å². The fourth-order valence-corrected chi connectivity index (χ4v) is 2.06. The first-order chi connectivity index (χ1) is 10.1. The molecule has 2 N–H and O–H groups in total. The summed E-state index contributed by atoms with van der Waals surface area (Å²) in [6.07, 6.45) is 1.52. The van der Waals surface area contributed by atoms with Gasteiger partial charge in [-0.15, -0.1) is 0 Å². The average molecular weight is 301 g/mol. The Balaban J connectivity index is 1.96. The van der Waals surface area contributed by atoms with Crippen molar-refractivity contribution in [3.8, 4) is 0 Å². The van der Waals surface area contributed by atoms with Crippen molar-refractivity contribution in [2.24, 2.45) is 5.10 Å². The molecule has 0 heterocycles. The second-order valence-electron chi connectivity index (χ2n) is 4.65. The van der Waals surface area contributed by atoms with Gasteiger partial charge in [0.25, 0.3) is 0 Å². The van der Waals surface area contributed by atoms with Crippen LogP contribution in [0.1, 0.15) is 16.7 Å². The minimum absolute atomic E-state index is 0.296. The van der Waals surface area contributed by atoms with Gasteiger partial charge in [0.2, 0.25) is 0 Å². The van der Waals surface area contributed by atoms with Crippen LogP contribution in [0.15, 0.2) is 47.6 Å². The zero-order chi connectivity index (χ0) is 15.2. The lowest BCUT2D eigenvalue weighted by Crippen LogP contribution is -2.24. The van der Waals surface area contributed by atoms with Gasteiger partial charge in [0, 0.05) is 5.69 Å². The molecule has 0 fully saturated rings. The SMILES string of the molecule is Cc1cccc(C)c1NC(=S)N/N=C/c1cccc(F)c1. The van der Waals surface area contributed by atoms with Gasteiger partial charge in [0.1, 0.15) is 5.82 Å². The van der Waals surface area contributed by atoms with E-state index in [1.165, 1.54) is 18.3 Å². The van der Waals surface area contributed by atoms with Crippen molar-refractivity contribution in [3.63, 3.8) is 0 Å². The van der Waals surface area contributed by atoms with Crippen LogP contribution in [0.5, 0.6) is 0 Å². The minimum Gasteiger partial charge on any atom is -0.331 e. The fraction of sp³-hybridized carbons (Fsp3) is 0.125. The summed E-state index contributed by atoms with van der Waals surface area (Å²) in [6.45, 7) is 4.02. The van der Waals surface area contributed by atoms with Crippen LogP contribution < -0.4 is 10.7 Å². The van der Waals surface area contributed by atoms with E-state index in [9.17, 15) is 4.39 Å². The summed E-state index contributed by atoms with van der Waals surface area (Å²) in [4.78, 5) is 0. The zero-order valence-corrected chi connectivity index (χ0v) is 12.7. The third-order valence-electron chi connectivity index (χ3n) is 2.95. The highest BCUT2D eigenvalue weighted by molar-refractivity contribution is 7.80. The monoisotopic (exact) mass is 301 g/mol. The average Bonchev–Trinajstić information content (AvgIpc) is 2.43. The number of nitrogens with zero attached hydrogens (tertiary/aromatic N) is 1. The molecule has 0 aliphatic heterocycles. The van der Waals surface area contributed by atoms with Gasteiger partial charge in [-0.25, -0.2) is 4.39 Å². The highest BCUT2D eigenvalue weighted by Gasteiger charge is 2.03. The number of para-hydroxylation sites is 1. The Morgan fingerprint density at radius 1 is 1.14 bits per heavy atom. The number of aryl methyl sites for hydroxylation is 2. The molecule has 2 rings (SSSR count). The summed E-state index contributed by atoms with van der Waals surface area (Å²) in [7, 11) is 0. The van der Waals surface area contributed by atoms with Crippen molar-refractivity contribution in [1.29, 1.82) is 0 Å². The molecule has 0 spiro atoms. The van der Waals surface area contributed by atoms with Crippen LogP contribution in [-0.2, 0) is 0 Å². The van der Waals surface area contributed by atoms with Crippen molar-refractivity contribution in [2.75, 3.05) is 5.32 Å². The van der Waals surface area contributed by atoms with Crippen LogP contribution in [0.4, 0.5) is 10.1 Å². The summed E-state index contributed by atoms with van der Waals surface area (Å²) in [6, 6.07) is 12.2. The molecular weight excluding hydrogens is 285 g/mol. The lowest BCUT2D eigenvalue weighted by molar-refractivity contribution is 0.627. The van der Waals surface area contributed by atoms with Gasteiger partial charge < -0.3 is 5.32 Å². The first-order valence-electron chi connectivity index (χ1n) is 6.48. The van der Waals surface area contributed by atoms with E-state index in [1.54, 1.807) is 12.1 Å². The maximum atomic E-state index is 13.0. The summed E-state index contributed by atoms with van der Waals surface area (Å²) >= 11 is 5.19. The molecule has 21 heavy (non-hydrogen) atoms. The van der Waals surface area contributed by atoms with Gasteiger partial charge in [-0.3, -0.25) is 5.43 Å². The van der Waals surface area contributed by atoms with Crippen LogP contribution >= 0.6 is 12.2 Å². The Morgan fingerprint density at radius 3 is 2.48 bits per heavy atom. The van der Waals surface area contributed by atoms with Gasteiger partial charge in [0.15, 0.2) is 5.11 Å².